The third kappa shape index (κ3) is 4.08. The quantitative estimate of drug-likeness (QED) is 0.830. The van der Waals surface area contributed by atoms with Crippen molar-refractivity contribution in [3.63, 3.8) is 0 Å². The summed E-state index contributed by atoms with van der Waals surface area (Å²) in [5, 5.41) is 3.01. The van der Waals surface area contributed by atoms with Gasteiger partial charge in [-0.05, 0) is 66.0 Å². The van der Waals surface area contributed by atoms with Gasteiger partial charge < -0.3 is 10.1 Å². The van der Waals surface area contributed by atoms with Gasteiger partial charge in [0.2, 0.25) is 0 Å². The van der Waals surface area contributed by atoms with Crippen LogP contribution in [0.2, 0.25) is 0 Å². The molecule has 1 heterocycles. The first-order valence-corrected chi connectivity index (χ1v) is 8.41. The molecule has 5 heteroatoms. The van der Waals surface area contributed by atoms with Crippen molar-refractivity contribution in [2.24, 2.45) is 0 Å². The van der Waals surface area contributed by atoms with Gasteiger partial charge in [-0.1, -0.05) is 12.1 Å². The first-order chi connectivity index (χ1) is 10.0. The Morgan fingerprint density at radius 1 is 1.38 bits per heavy atom. The topological polar surface area (TPSA) is 38.3 Å². The van der Waals surface area contributed by atoms with Crippen LogP contribution >= 0.6 is 27.3 Å². The van der Waals surface area contributed by atoms with Crippen molar-refractivity contribution in [1.82, 2.24) is 5.32 Å². The van der Waals surface area contributed by atoms with Crippen molar-refractivity contribution in [2.75, 3.05) is 6.61 Å². The van der Waals surface area contributed by atoms with Crippen molar-refractivity contribution in [3.8, 4) is 5.75 Å². The number of rotatable bonds is 5. The molecule has 1 atom stereocenters. The lowest BCUT2D eigenvalue weighted by atomic mass is 10.1. The zero-order valence-corrected chi connectivity index (χ0v) is 14.7. The molecule has 0 bridgehead atoms. The minimum atomic E-state index is -0.0469. The van der Waals surface area contributed by atoms with Crippen LogP contribution in [0.3, 0.4) is 0 Å². The summed E-state index contributed by atoms with van der Waals surface area (Å²) < 4.78 is 6.42. The normalized spacial score (nSPS) is 12.0. The van der Waals surface area contributed by atoms with Crippen LogP contribution in [0.5, 0.6) is 5.75 Å². The van der Waals surface area contributed by atoms with Crippen molar-refractivity contribution >= 4 is 33.2 Å². The van der Waals surface area contributed by atoms with Gasteiger partial charge in [0, 0.05) is 0 Å². The van der Waals surface area contributed by atoms with E-state index in [1.54, 1.807) is 0 Å². The molecule has 0 aliphatic carbocycles. The van der Waals surface area contributed by atoms with Crippen molar-refractivity contribution in [3.05, 3.63) is 50.1 Å². The highest BCUT2D eigenvalue weighted by molar-refractivity contribution is 9.11. The largest absolute Gasteiger partial charge is 0.494 e. The van der Waals surface area contributed by atoms with Gasteiger partial charge in [-0.15, -0.1) is 11.3 Å². The first-order valence-electron chi connectivity index (χ1n) is 6.80. The lowest BCUT2D eigenvalue weighted by molar-refractivity contribution is 0.0944. The first kappa shape index (κ1) is 16.0. The van der Waals surface area contributed by atoms with Crippen LogP contribution in [0, 0.1) is 6.92 Å². The molecule has 2 aromatic rings. The summed E-state index contributed by atoms with van der Waals surface area (Å²) in [7, 11) is 0. The minimum Gasteiger partial charge on any atom is -0.494 e. The van der Waals surface area contributed by atoms with E-state index in [2.05, 4.69) is 21.2 Å². The molecule has 0 aliphatic rings. The Labute approximate surface area is 137 Å². The molecule has 1 amide bonds. The number of hydrogen-bond donors (Lipinski definition) is 1. The molecule has 2 rings (SSSR count). The fourth-order valence-corrected chi connectivity index (χ4v) is 3.38. The third-order valence-electron chi connectivity index (χ3n) is 3.12. The molecule has 0 saturated carbocycles. The second-order valence-electron chi connectivity index (χ2n) is 4.76. The number of carbonyl (C=O) groups is 1. The zero-order chi connectivity index (χ0) is 15.4. The lowest BCUT2D eigenvalue weighted by Crippen LogP contribution is -2.25. The predicted molar refractivity (Wildman–Crippen MR) is 90.2 cm³/mol. The van der Waals surface area contributed by atoms with Gasteiger partial charge in [-0.3, -0.25) is 4.79 Å². The van der Waals surface area contributed by atoms with E-state index in [4.69, 9.17) is 4.74 Å². The van der Waals surface area contributed by atoms with E-state index < -0.39 is 0 Å². The highest BCUT2D eigenvalue weighted by Crippen LogP contribution is 2.27. The molecule has 0 saturated heterocycles. The summed E-state index contributed by atoms with van der Waals surface area (Å²) in [5.74, 6) is 0.799. The van der Waals surface area contributed by atoms with Crippen LogP contribution in [0.15, 0.2) is 34.1 Å². The van der Waals surface area contributed by atoms with E-state index in [9.17, 15) is 4.79 Å². The van der Waals surface area contributed by atoms with Crippen LogP contribution in [0.25, 0.3) is 0 Å². The van der Waals surface area contributed by atoms with E-state index in [0.717, 1.165) is 25.5 Å². The maximum atomic E-state index is 12.2. The van der Waals surface area contributed by atoms with Gasteiger partial charge in [0.05, 0.1) is 21.3 Å². The number of benzene rings is 1. The average molecular weight is 368 g/mol. The Morgan fingerprint density at radius 3 is 2.57 bits per heavy atom. The lowest BCUT2D eigenvalue weighted by Gasteiger charge is -2.14. The Morgan fingerprint density at radius 2 is 2.05 bits per heavy atom. The average Bonchev–Trinajstić information content (AvgIpc) is 2.80. The van der Waals surface area contributed by atoms with Gasteiger partial charge in [-0.2, -0.15) is 0 Å². The Hall–Kier alpha value is -1.33. The monoisotopic (exact) mass is 367 g/mol. The Balaban J connectivity index is 2.03. The van der Waals surface area contributed by atoms with Gasteiger partial charge >= 0.3 is 0 Å². The number of hydrogen-bond acceptors (Lipinski definition) is 3. The molecular weight excluding hydrogens is 350 g/mol. The molecule has 1 aromatic heterocycles. The molecule has 0 aliphatic heterocycles. The standard InChI is InChI=1S/C16H18BrNO2S/c1-4-20-13-7-5-12(6-8-13)11(3)18-16(19)14-9-10(2)15(17)21-14/h5-9,11H,4H2,1-3H3,(H,18,19). The molecular formula is C16H18BrNO2S. The number of carbonyl (C=O) groups excluding carboxylic acids is 1. The summed E-state index contributed by atoms with van der Waals surface area (Å²) in [6.07, 6.45) is 0. The van der Waals surface area contributed by atoms with E-state index in [1.165, 1.54) is 11.3 Å². The Bertz CT molecular complexity index is 602. The summed E-state index contributed by atoms with van der Waals surface area (Å²) in [4.78, 5) is 12.9. The number of halogens is 1. The summed E-state index contributed by atoms with van der Waals surface area (Å²) in [6.45, 7) is 6.56. The molecule has 0 fully saturated rings. The maximum Gasteiger partial charge on any atom is 0.261 e. The predicted octanol–water partition coefficient (Wildman–Crippen LogP) is 4.71. The summed E-state index contributed by atoms with van der Waals surface area (Å²) in [5.41, 5.74) is 2.14. The number of nitrogens with one attached hydrogen (secondary N) is 1. The maximum absolute atomic E-state index is 12.2. The zero-order valence-electron chi connectivity index (χ0n) is 12.3. The SMILES string of the molecule is CCOc1ccc(C(C)NC(=O)c2cc(C)c(Br)s2)cc1. The second kappa shape index (κ2) is 7.09. The van der Waals surface area contributed by atoms with E-state index in [1.807, 2.05) is 51.1 Å². The molecule has 21 heavy (non-hydrogen) atoms. The fraction of sp³-hybridized carbons (Fsp3) is 0.312. The molecule has 0 radical (unpaired) electrons. The fourth-order valence-electron chi connectivity index (χ4n) is 1.94. The van der Waals surface area contributed by atoms with E-state index in [0.29, 0.717) is 6.61 Å². The minimum absolute atomic E-state index is 0.0461. The van der Waals surface area contributed by atoms with Crippen molar-refractivity contribution in [1.29, 1.82) is 0 Å². The van der Waals surface area contributed by atoms with Crippen LogP contribution < -0.4 is 10.1 Å². The van der Waals surface area contributed by atoms with Gasteiger partial charge in [0.25, 0.3) is 5.91 Å². The molecule has 1 aromatic carbocycles. The van der Waals surface area contributed by atoms with Crippen LogP contribution in [0.1, 0.15) is 40.7 Å². The third-order valence-corrected chi connectivity index (χ3v) is 5.26. The number of aryl methyl sites for hydroxylation is 1. The summed E-state index contributed by atoms with van der Waals surface area (Å²) >= 11 is 4.90. The smallest absolute Gasteiger partial charge is 0.261 e. The number of ether oxygens (including phenoxy) is 1. The number of amides is 1. The molecule has 112 valence electrons. The van der Waals surface area contributed by atoms with Gasteiger partial charge in [0.15, 0.2) is 0 Å². The van der Waals surface area contributed by atoms with Gasteiger partial charge in [-0.25, -0.2) is 0 Å². The van der Waals surface area contributed by atoms with Crippen LogP contribution in [-0.4, -0.2) is 12.5 Å². The van der Waals surface area contributed by atoms with Crippen LogP contribution in [-0.2, 0) is 0 Å². The molecule has 1 unspecified atom stereocenters. The van der Waals surface area contributed by atoms with Gasteiger partial charge in [0.1, 0.15) is 5.75 Å². The summed E-state index contributed by atoms with van der Waals surface area (Å²) in [6, 6.07) is 9.65. The number of thiophene rings is 1. The molecule has 0 spiro atoms. The van der Waals surface area contributed by atoms with Crippen LogP contribution in [0.4, 0.5) is 0 Å². The van der Waals surface area contributed by atoms with Crippen molar-refractivity contribution in [2.45, 2.75) is 26.8 Å². The molecule has 3 nitrogen and oxygen atoms in total. The van der Waals surface area contributed by atoms with E-state index in [-0.39, 0.29) is 11.9 Å². The highest BCUT2D eigenvalue weighted by atomic mass is 79.9. The second-order valence-corrected chi connectivity index (χ2v) is 7.13. The highest BCUT2D eigenvalue weighted by Gasteiger charge is 2.14. The van der Waals surface area contributed by atoms with Crippen molar-refractivity contribution < 1.29 is 9.53 Å². The Kier molecular flexibility index (Phi) is 5.42. The van der Waals surface area contributed by atoms with E-state index >= 15 is 0 Å². The molecule has 1 N–H and O–H groups in total.